The van der Waals surface area contributed by atoms with E-state index < -0.39 is 4.92 Å². The van der Waals surface area contributed by atoms with Crippen molar-refractivity contribution in [3.63, 3.8) is 0 Å². The fraction of sp³-hybridized carbons (Fsp3) is 0.333. The zero-order valence-electron chi connectivity index (χ0n) is 9.57. The molecule has 0 radical (unpaired) electrons. The molecular weight excluding hydrogens is 234 g/mol. The minimum absolute atomic E-state index is 0.0109. The molecular formula is C12H11N3O3. The number of nitro benzene ring substituents is 1. The molecule has 2 aliphatic rings. The molecule has 1 fully saturated rings. The summed E-state index contributed by atoms with van der Waals surface area (Å²) in [6.45, 7) is 0. The van der Waals surface area contributed by atoms with E-state index in [0.717, 1.165) is 18.6 Å². The van der Waals surface area contributed by atoms with Gasteiger partial charge in [0.05, 0.1) is 22.7 Å². The molecule has 0 saturated heterocycles. The van der Waals surface area contributed by atoms with Crippen LogP contribution in [0.1, 0.15) is 19.3 Å². The lowest BCUT2D eigenvalue weighted by atomic mass is 10.2. The highest BCUT2D eigenvalue weighted by Gasteiger charge is 2.35. The van der Waals surface area contributed by atoms with Gasteiger partial charge in [-0.1, -0.05) is 0 Å². The summed E-state index contributed by atoms with van der Waals surface area (Å²) >= 11 is 0. The molecule has 0 atom stereocenters. The Bertz CT molecular complexity index is 546. The molecule has 6 heteroatoms. The summed E-state index contributed by atoms with van der Waals surface area (Å²) in [5.41, 5.74) is 1.54. The number of carbonyl (C=O) groups excluding carboxylic acids is 1. The van der Waals surface area contributed by atoms with Crippen LogP contribution in [0.15, 0.2) is 29.4 Å². The number of carbonyl (C=O) groups is 1. The third-order valence-corrected chi connectivity index (χ3v) is 3.15. The minimum atomic E-state index is -0.464. The van der Waals surface area contributed by atoms with Crippen molar-refractivity contribution in [2.75, 3.05) is 5.01 Å². The number of hydrazone groups is 1. The van der Waals surface area contributed by atoms with E-state index in [1.54, 1.807) is 12.1 Å². The lowest BCUT2D eigenvalue weighted by molar-refractivity contribution is -0.384. The Morgan fingerprint density at radius 2 is 1.94 bits per heavy atom. The van der Waals surface area contributed by atoms with Crippen LogP contribution in [0.2, 0.25) is 0 Å². The fourth-order valence-electron chi connectivity index (χ4n) is 2.01. The maximum Gasteiger partial charge on any atom is 0.269 e. The van der Waals surface area contributed by atoms with Gasteiger partial charge in [-0.15, -0.1) is 0 Å². The molecule has 92 valence electrons. The zero-order valence-corrected chi connectivity index (χ0v) is 9.57. The number of hydrogen-bond acceptors (Lipinski definition) is 4. The smallest absolute Gasteiger partial charge is 0.269 e. The van der Waals surface area contributed by atoms with Crippen molar-refractivity contribution in [1.82, 2.24) is 0 Å². The van der Waals surface area contributed by atoms with Gasteiger partial charge < -0.3 is 0 Å². The van der Waals surface area contributed by atoms with Gasteiger partial charge in [0.15, 0.2) is 0 Å². The first kappa shape index (κ1) is 10.9. The van der Waals surface area contributed by atoms with Crippen LogP contribution in [-0.2, 0) is 4.79 Å². The van der Waals surface area contributed by atoms with Gasteiger partial charge in [0.1, 0.15) is 0 Å². The molecule has 3 rings (SSSR count). The molecule has 1 amide bonds. The summed E-state index contributed by atoms with van der Waals surface area (Å²) < 4.78 is 0. The lowest BCUT2D eigenvalue weighted by Gasteiger charge is -2.10. The van der Waals surface area contributed by atoms with Crippen LogP contribution in [0, 0.1) is 16.0 Å². The Hall–Kier alpha value is -2.24. The number of amides is 1. The van der Waals surface area contributed by atoms with Gasteiger partial charge in [0, 0.05) is 12.1 Å². The second-order valence-electron chi connectivity index (χ2n) is 4.52. The summed E-state index contributed by atoms with van der Waals surface area (Å²) in [7, 11) is 0. The average molecular weight is 245 g/mol. The predicted molar refractivity (Wildman–Crippen MR) is 65.4 cm³/mol. The van der Waals surface area contributed by atoms with Crippen molar-refractivity contribution in [1.29, 1.82) is 0 Å². The number of anilines is 1. The van der Waals surface area contributed by atoms with Gasteiger partial charge in [-0.2, -0.15) is 5.10 Å². The molecule has 1 aliphatic heterocycles. The Balaban J connectivity index is 1.85. The summed E-state index contributed by atoms with van der Waals surface area (Å²) in [6, 6.07) is 5.87. The van der Waals surface area contributed by atoms with Gasteiger partial charge in [-0.25, -0.2) is 5.01 Å². The third kappa shape index (κ3) is 1.85. The van der Waals surface area contributed by atoms with Crippen molar-refractivity contribution in [2.24, 2.45) is 11.0 Å². The zero-order chi connectivity index (χ0) is 12.7. The topological polar surface area (TPSA) is 75.8 Å². The molecule has 18 heavy (non-hydrogen) atoms. The largest absolute Gasteiger partial charge is 0.272 e. The highest BCUT2D eigenvalue weighted by atomic mass is 16.6. The SMILES string of the molecule is O=C1CC(C2CC2)=NN1c1ccc([N+](=O)[O-])cc1. The number of benzene rings is 1. The number of nitrogens with zero attached hydrogens (tertiary/aromatic N) is 3. The Morgan fingerprint density at radius 1 is 1.28 bits per heavy atom. The standard InChI is InChI=1S/C12H11N3O3/c16-12-7-11(8-1-2-8)13-14(12)9-3-5-10(6-4-9)15(17)18/h3-6,8H,1-2,7H2. The molecule has 6 nitrogen and oxygen atoms in total. The highest BCUT2D eigenvalue weighted by Crippen LogP contribution is 2.35. The normalized spacial score (nSPS) is 19.0. The van der Waals surface area contributed by atoms with Crippen molar-refractivity contribution in [2.45, 2.75) is 19.3 Å². The summed E-state index contributed by atoms with van der Waals surface area (Å²) in [5, 5.41) is 16.2. The van der Waals surface area contributed by atoms with Crippen LogP contribution in [0.3, 0.4) is 0 Å². The molecule has 0 unspecified atom stereocenters. The molecule has 0 N–H and O–H groups in total. The van der Waals surface area contributed by atoms with E-state index in [1.165, 1.54) is 17.1 Å². The van der Waals surface area contributed by atoms with Crippen LogP contribution >= 0.6 is 0 Å². The Labute approximate surface area is 103 Å². The molecule has 1 saturated carbocycles. The fourth-order valence-corrected chi connectivity index (χ4v) is 2.01. The molecule has 1 aromatic rings. The first-order valence-electron chi connectivity index (χ1n) is 5.80. The van der Waals surface area contributed by atoms with Gasteiger partial charge in [0.2, 0.25) is 0 Å². The maximum atomic E-state index is 11.8. The number of rotatable bonds is 3. The molecule has 0 bridgehead atoms. The van der Waals surface area contributed by atoms with E-state index in [4.69, 9.17) is 0 Å². The molecule has 1 aliphatic carbocycles. The van der Waals surface area contributed by atoms with E-state index in [2.05, 4.69) is 5.10 Å². The third-order valence-electron chi connectivity index (χ3n) is 3.15. The van der Waals surface area contributed by atoms with Crippen LogP contribution in [0.5, 0.6) is 0 Å². The monoisotopic (exact) mass is 245 g/mol. The van der Waals surface area contributed by atoms with E-state index in [-0.39, 0.29) is 11.6 Å². The quantitative estimate of drug-likeness (QED) is 0.604. The molecule has 0 spiro atoms. The highest BCUT2D eigenvalue weighted by molar-refractivity contribution is 6.14. The van der Waals surface area contributed by atoms with Gasteiger partial charge in [-0.05, 0) is 30.9 Å². The summed E-state index contributed by atoms with van der Waals surface area (Å²) in [4.78, 5) is 21.9. The molecule has 0 aromatic heterocycles. The van der Waals surface area contributed by atoms with Gasteiger partial charge in [-0.3, -0.25) is 14.9 Å². The van der Waals surface area contributed by atoms with Gasteiger partial charge >= 0.3 is 0 Å². The van der Waals surface area contributed by atoms with E-state index in [0.29, 0.717) is 18.0 Å². The van der Waals surface area contributed by atoms with E-state index in [9.17, 15) is 14.9 Å². The lowest BCUT2D eigenvalue weighted by Crippen LogP contribution is -2.19. The van der Waals surface area contributed by atoms with Crippen LogP contribution < -0.4 is 5.01 Å². The second-order valence-corrected chi connectivity index (χ2v) is 4.52. The van der Waals surface area contributed by atoms with Crippen LogP contribution in [0.25, 0.3) is 0 Å². The second kappa shape index (κ2) is 3.90. The number of nitro groups is 1. The van der Waals surface area contributed by atoms with Crippen molar-refractivity contribution in [3.05, 3.63) is 34.4 Å². The summed E-state index contributed by atoms with van der Waals surface area (Å²) in [5.74, 6) is 0.405. The van der Waals surface area contributed by atoms with Crippen molar-refractivity contribution >= 4 is 23.0 Å². The molecule has 1 aromatic carbocycles. The minimum Gasteiger partial charge on any atom is -0.272 e. The van der Waals surface area contributed by atoms with Crippen molar-refractivity contribution in [3.8, 4) is 0 Å². The first-order valence-corrected chi connectivity index (χ1v) is 5.80. The number of non-ortho nitro benzene ring substituents is 1. The van der Waals surface area contributed by atoms with Gasteiger partial charge in [0.25, 0.3) is 11.6 Å². The first-order chi connectivity index (χ1) is 8.65. The Kier molecular flexibility index (Phi) is 2.36. The number of hydrogen-bond donors (Lipinski definition) is 0. The van der Waals surface area contributed by atoms with E-state index >= 15 is 0 Å². The Morgan fingerprint density at radius 3 is 2.50 bits per heavy atom. The molecule has 1 heterocycles. The van der Waals surface area contributed by atoms with Crippen molar-refractivity contribution < 1.29 is 9.72 Å². The predicted octanol–water partition coefficient (Wildman–Crippen LogP) is 2.10. The maximum absolute atomic E-state index is 11.8. The van der Waals surface area contributed by atoms with E-state index in [1.807, 2.05) is 0 Å². The van der Waals surface area contributed by atoms with Crippen LogP contribution in [0.4, 0.5) is 11.4 Å². The average Bonchev–Trinajstić information content (AvgIpc) is 3.13. The summed E-state index contributed by atoms with van der Waals surface area (Å²) in [6.07, 6.45) is 2.60. The van der Waals surface area contributed by atoms with Crippen LogP contribution in [-0.4, -0.2) is 16.5 Å².